The fraction of sp³-hybridized carbons (Fsp3) is 0.533. The lowest BCUT2D eigenvalue weighted by Crippen LogP contribution is -2.45. The van der Waals surface area contributed by atoms with Gasteiger partial charge >= 0.3 is 0 Å². The van der Waals surface area contributed by atoms with E-state index in [0.717, 1.165) is 38.6 Å². The van der Waals surface area contributed by atoms with Gasteiger partial charge in [0.25, 0.3) is 5.91 Å². The molecule has 2 N–H and O–H groups in total. The van der Waals surface area contributed by atoms with E-state index in [1.54, 1.807) is 24.4 Å². The van der Waals surface area contributed by atoms with Crippen LogP contribution < -0.4 is 10.6 Å². The standard InChI is InChI=1S/C15H19N3O2/c19-13(12-5-1-2-8-16-12)18-11-4-3-6-15(10-11)7-9-17-14(15)20/h1-2,5,8,11H,3-4,6-7,9-10H2,(H,17,20)(H,18,19)/t11?,15-/m0/s1. The molecule has 1 aromatic rings. The van der Waals surface area contributed by atoms with E-state index in [4.69, 9.17) is 0 Å². The van der Waals surface area contributed by atoms with Crippen molar-refractivity contribution in [2.45, 2.75) is 38.1 Å². The highest BCUT2D eigenvalue weighted by Crippen LogP contribution is 2.41. The van der Waals surface area contributed by atoms with Crippen molar-refractivity contribution in [3.63, 3.8) is 0 Å². The molecular weight excluding hydrogens is 254 g/mol. The van der Waals surface area contributed by atoms with Gasteiger partial charge in [-0.3, -0.25) is 14.6 Å². The number of hydrogen-bond acceptors (Lipinski definition) is 3. The molecule has 1 aliphatic carbocycles. The molecular formula is C15H19N3O2. The van der Waals surface area contributed by atoms with Crippen LogP contribution in [0, 0.1) is 5.41 Å². The van der Waals surface area contributed by atoms with Crippen molar-refractivity contribution in [1.82, 2.24) is 15.6 Å². The van der Waals surface area contributed by atoms with Gasteiger partial charge < -0.3 is 10.6 Å². The highest BCUT2D eigenvalue weighted by molar-refractivity contribution is 5.92. The number of amides is 2. The third-order valence-corrected chi connectivity index (χ3v) is 4.45. The maximum absolute atomic E-state index is 12.1. The smallest absolute Gasteiger partial charge is 0.270 e. The van der Waals surface area contributed by atoms with E-state index >= 15 is 0 Å². The van der Waals surface area contributed by atoms with E-state index in [0.29, 0.717) is 5.69 Å². The fourth-order valence-corrected chi connectivity index (χ4v) is 3.39. The first kappa shape index (κ1) is 13.1. The summed E-state index contributed by atoms with van der Waals surface area (Å²) < 4.78 is 0. The number of nitrogens with zero attached hydrogens (tertiary/aromatic N) is 1. The van der Waals surface area contributed by atoms with Gasteiger partial charge in [-0.15, -0.1) is 0 Å². The summed E-state index contributed by atoms with van der Waals surface area (Å²) in [5, 5.41) is 5.95. The largest absolute Gasteiger partial charge is 0.356 e. The van der Waals surface area contributed by atoms with Crippen molar-refractivity contribution in [2.24, 2.45) is 5.41 Å². The lowest BCUT2D eigenvalue weighted by atomic mass is 9.71. The van der Waals surface area contributed by atoms with Gasteiger partial charge in [-0.1, -0.05) is 12.5 Å². The zero-order chi connectivity index (χ0) is 14.0. The molecule has 1 unspecified atom stereocenters. The third kappa shape index (κ3) is 2.40. The molecule has 20 heavy (non-hydrogen) atoms. The van der Waals surface area contributed by atoms with Gasteiger partial charge in [-0.05, 0) is 37.8 Å². The summed E-state index contributed by atoms with van der Waals surface area (Å²) in [5.74, 6) is 0.0142. The van der Waals surface area contributed by atoms with Crippen LogP contribution >= 0.6 is 0 Å². The Balaban J connectivity index is 1.66. The molecule has 1 spiro atoms. The zero-order valence-electron chi connectivity index (χ0n) is 11.4. The van der Waals surface area contributed by atoms with Gasteiger partial charge in [0.2, 0.25) is 5.91 Å². The van der Waals surface area contributed by atoms with Gasteiger partial charge in [0, 0.05) is 18.8 Å². The summed E-state index contributed by atoms with van der Waals surface area (Å²) in [6.45, 7) is 0.764. The van der Waals surface area contributed by atoms with Crippen LogP contribution in [0.15, 0.2) is 24.4 Å². The minimum absolute atomic E-state index is 0.0714. The number of pyridine rings is 1. The summed E-state index contributed by atoms with van der Waals surface area (Å²) in [7, 11) is 0. The summed E-state index contributed by atoms with van der Waals surface area (Å²) in [6, 6.07) is 5.36. The van der Waals surface area contributed by atoms with Crippen LogP contribution in [0.3, 0.4) is 0 Å². The van der Waals surface area contributed by atoms with E-state index in [2.05, 4.69) is 15.6 Å². The van der Waals surface area contributed by atoms with Crippen LogP contribution in [0.4, 0.5) is 0 Å². The van der Waals surface area contributed by atoms with E-state index in [-0.39, 0.29) is 23.3 Å². The second-order valence-corrected chi connectivity index (χ2v) is 5.77. The molecule has 2 amide bonds. The maximum atomic E-state index is 12.1. The first-order valence-electron chi connectivity index (χ1n) is 7.20. The minimum atomic E-state index is -0.250. The zero-order valence-corrected chi connectivity index (χ0v) is 11.4. The number of carbonyl (C=O) groups is 2. The molecule has 2 atom stereocenters. The molecule has 5 nitrogen and oxygen atoms in total. The molecule has 5 heteroatoms. The Bertz CT molecular complexity index is 517. The van der Waals surface area contributed by atoms with E-state index < -0.39 is 0 Å². The van der Waals surface area contributed by atoms with Crippen molar-refractivity contribution < 1.29 is 9.59 Å². The molecule has 2 heterocycles. The van der Waals surface area contributed by atoms with Gasteiger partial charge in [0.1, 0.15) is 5.69 Å². The Morgan fingerprint density at radius 1 is 1.40 bits per heavy atom. The van der Waals surface area contributed by atoms with Crippen molar-refractivity contribution in [2.75, 3.05) is 6.54 Å². The van der Waals surface area contributed by atoms with Crippen molar-refractivity contribution in [3.05, 3.63) is 30.1 Å². The lowest BCUT2D eigenvalue weighted by Gasteiger charge is -2.36. The van der Waals surface area contributed by atoms with E-state index in [1.165, 1.54) is 0 Å². The van der Waals surface area contributed by atoms with Gasteiger partial charge in [-0.25, -0.2) is 0 Å². The first-order chi connectivity index (χ1) is 9.70. The number of carbonyl (C=O) groups excluding carboxylic acids is 2. The average Bonchev–Trinajstić information content (AvgIpc) is 2.81. The fourth-order valence-electron chi connectivity index (χ4n) is 3.39. The van der Waals surface area contributed by atoms with Crippen molar-refractivity contribution >= 4 is 11.8 Å². The highest BCUT2D eigenvalue weighted by Gasteiger charge is 2.45. The molecule has 106 valence electrons. The average molecular weight is 273 g/mol. The molecule has 1 saturated heterocycles. The van der Waals surface area contributed by atoms with Crippen LogP contribution in [0.2, 0.25) is 0 Å². The van der Waals surface area contributed by atoms with Gasteiger partial charge in [0.05, 0.1) is 5.41 Å². The molecule has 1 aromatic heterocycles. The van der Waals surface area contributed by atoms with Crippen LogP contribution in [0.25, 0.3) is 0 Å². The number of hydrogen-bond donors (Lipinski definition) is 2. The molecule has 3 rings (SSSR count). The topological polar surface area (TPSA) is 71.1 Å². The second kappa shape index (κ2) is 5.23. The Hall–Kier alpha value is -1.91. The van der Waals surface area contributed by atoms with Gasteiger partial charge in [0.15, 0.2) is 0 Å². The number of aromatic nitrogens is 1. The van der Waals surface area contributed by atoms with Gasteiger partial charge in [-0.2, -0.15) is 0 Å². The number of rotatable bonds is 2. The quantitative estimate of drug-likeness (QED) is 0.852. The summed E-state index contributed by atoms with van der Waals surface area (Å²) in [5.41, 5.74) is 0.184. The monoisotopic (exact) mass is 273 g/mol. The van der Waals surface area contributed by atoms with E-state index in [9.17, 15) is 9.59 Å². The Kier molecular flexibility index (Phi) is 3.42. The molecule has 1 saturated carbocycles. The van der Waals surface area contributed by atoms with Crippen LogP contribution in [0.1, 0.15) is 42.6 Å². The maximum Gasteiger partial charge on any atom is 0.270 e. The van der Waals surface area contributed by atoms with Crippen molar-refractivity contribution in [3.8, 4) is 0 Å². The normalized spacial score (nSPS) is 29.2. The minimum Gasteiger partial charge on any atom is -0.356 e. The van der Waals surface area contributed by atoms with E-state index in [1.807, 2.05) is 0 Å². The SMILES string of the molecule is O=C(NC1CCC[C@]2(CCNC2=O)C1)c1ccccn1. The van der Waals surface area contributed by atoms with Crippen LogP contribution in [0.5, 0.6) is 0 Å². The first-order valence-corrected chi connectivity index (χ1v) is 7.20. The van der Waals surface area contributed by atoms with Crippen LogP contribution in [-0.2, 0) is 4.79 Å². The molecule has 0 aromatic carbocycles. The number of nitrogens with one attached hydrogen (secondary N) is 2. The molecule has 2 aliphatic rings. The Morgan fingerprint density at radius 3 is 3.00 bits per heavy atom. The molecule has 0 radical (unpaired) electrons. The predicted octanol–water partition coefficient (Wildman–Crippen LogP) is 1.26. The third-order valence-electron chi connectivity index (χ3n) is 4.45. The molecule has 0 bridgehead atoms. The highest BCUT2D eigenvalue weighted by atomic mass is 16.2. The Labute approximate surface area is 118 Å². The molecule has 2 fully saturated rings. The summed E-state index contributed by atoms with van der Waals surface area (Å²) in [6.07, 6.45) is 6.11. The predicted molar refractivity (Wildman–Crippen MR) is 74.0 cm³/mol. The Morgan fingerprint density at radius 2 is 2.30 bits per heavy atom. The van der Waals surface area contributed by atoms with Crippen LogP contribution in [-0.4, -0.2) is 29.4 Å². The van der Waals surface area contributed by atoms with Crippen molar-refractivity contribution in [1.29, 1.82) is 0 Å². The second-order valence-electron chi connectivity index (χ2n) is 5.77. The molecule has 1 aliphatic heterocycles. The summed E-state index contributed by atoms with van der Waals surface area (Å²) >= 11 is 0. The lowest BCUT2D eigenvalue weighted by molar-refractivity contribution is -0.129. The summed E-state index contributed by atoms with van der Waals surface area (Å²) in [4.78, 5) is 28.2.